The molecule has 0 aliphatic carbocycles. The highest BCUT2D eigenvalue weighted by atomic mass is 32.1. The number of fused-ring (bicyclic) bond motifs is 1. The lowest BCUT2D eigenvalue weighted by Crippen LogP contribution is -2.41. The number of thiophene rings is 1. The molecule has 0 saturated carbocycles. The van der Waals surface area contributed by atoms with E-state index in [1.807, 2.05) is 52.7 Å². The molecular weight excluding hydrogens is 463 g/mol. The van der Waals surface area contributed by atoms with Crippen molar-refractivity contribution in [2.45, 2.75) is 38.0 Å². The van der Waals surface area contributed by atoms with Crippen molar-refractivity contribution in [1.29, 1.82) is 0 Å². The van der Waals surface area contributed by atoms with Gasteiger partial charge < -0.3 is 14.7 Å². The third kappa shape index (κ3) is 5.58. The van der Waals surface area contributed by atoms with Crippen molar-refractivity contribution in [3.8, 4) is 5.75 Å². The highest BCUT2D eigenvalue weighted by Crippen LogP contribution is 2.34. The van der Waals surface area contributed by atoms with Gasteiger partial charge in [-0.05, 0) is 42.3 Å². The maximum atomic E-state index is 14.6. The Balaban J connectivity index is 1.20. The summed E-state index contributed by atoms with van der Waals surface area (Å²) in [4.78, 5) is 18.1. The van der Waals surface area contributed by atoms with Gasteiger partial charge in [-0.3, -0.25) is 9.69 Å². The number of likely N-dealkylation sites (tertiary alicyclic amines) is 1. The smallest absolute Gasteiger partial charge is 0.223 e. The predicted molar refractivity (Wildman–Crippen MR) is 135 cm³/mol. The van der Waals surface area contributed by atoms with Gasteiger partial charge in [0.05, 0.1) is 6.10 Å². The average molecular weight is 495 g/mol. The van der Waals surface area contributed by atoms with Crippen LogP contribution >= 0.6 is 11.3 Å². The summed E-state index contributed by atoms with van der Waals surface area (Å²) in [6.07, 6.45) is 1.14. The standard InChI is InChI=1S/C28H31FN2O3S/c29-23-8-3-2-7-22(23)25-19-30(18-21-6-1-4-9-24(21)34-25)14-13-27(32)31-15-11-20(12-16-31)28(33)26-10-5-17-35-26/h1-10,17,20,25,28,33H,11-16,18-19H2. The van der Waals surface area contributed by atoms with E-state index < -0.39 is 12.2 Å². The molecule has 2 aliphatic rings. The third-order valence-electron chi connectivity index (χ3n) is 7.13. The first-order valence-electron chi connectivity index (χ1n) is 12.3. The van der Waals surface area contributed by atoms with Crippen molar-refractivity contribution in [3.05, 3.63) is 87.9 Å². The molecule has 5 nitrogen and oxygen atoms in total. The van der Waals surface area contributed by atoms with Gasteiger partial charge in [0.25, 0.3) is 0 Å². The quantitative estimate of drug-likeness (QED) is 0.513. The van der Waals surface area contributed by atoms with Crippen LogP contribution in [-0.2, 0) is 11.3 Å². The number of carbonyl (C=O) groups excluding carboxylic acids is 1. The summed E-state index contributed by atoms with van der Waals surface area (Å²) < 4.78 is 20.8. The Morgan fingerprint density at radius 2 is 1.86 bits per heavy atom. The number of halogens is 1. The van der Waals surface area contributed by atoms with E-state index in [2.05, 4.69) is 4.90 Å². The predicted octanol–water partition coefficient (Wildman–Crippen LogP) is 5.19. The highest BCUT2D eigenvalue weighted by Gasteiger charge is 2.30. The number of carbonyl (C=O) groups is 1. The number of hydrogen-bond acceptors (Lipinski definition) is 5. The number of aliphatic hydroxyl groups is 1. The first-order chi connectivity index (χ1) is 17.1. The lowest BCUT2D eigenvalue weighted by molar-refractivity contribution is -0.133. The Bertz CT molecular complexity index is 1130. The van der Waals surface area contributed by atoms with Crippen molar-refractivity contribution >= 4 is 17.2 Å². The molecule has 2 aliphatic heterocycles. The Hall–Kier alpha value is -2.74. The van der Waals surface area contributed by atoms with E-state index in [4.69, 9.17) is 4.74 Å². The lowest BCUT2D eigenvalue weighted by Gasteiger charge is -2.34. The Kier molecular flexibility index (Phi) is 7.46. The largest absolute Gasteiger partial charge is 0.484 e. The van der Waals surface area contributed by atoms with Crippen LogP contribution in [0.5, 0.6) is 5.75 Å². The molecule has 3 heterocycles. The van der Waals surface area contributed by atoms with Gasteiger partial charge in [-0.15, -0.1) is 11.3 Å². The molecule has 1 fully saturated rings. The Morgan fingerprint density at radius 3 is 2.63 bits per heavy atom. The number of aliphatic hydroxyl groups excluding tert-OH is 1. The van der Waals surface area contributed by atoms with E-state index >= 15 is 0 Å². The van der Waals surface area contributed by atoms with Crippen LogP contribution in [0.25, 0.3) is 0 Å². The van der Waals surface area contributed by atoms with E-state index in [0.717, 1.165) is 29.0 Å². The summed E-state index contributed by atoms with van der Waals surface area (Å²) >= 11 is 1.58. The number of benzene rings is 2. The molecule has 2 unspecified atom stereocenters. The van der Waals surface area contributed by atoms with Gasteiger partial charge in [0.15, 0.2) is 0 Å². The second kappa shape index (κ2) is 10.9. The summed E-state index contributed by atoms with van der Waals surface area (Å²) in [6, 6.07) is 18.5. The molecule has 2 aromatic carbocycles. The fraction of sp³-hybridized carbons (Fsp3) is 0.393. The molecule has 5 rings (SSSR count). The third-order valence-corrected chi connectivity index (χ3v) is 8.07. The van der Waals surface area contributed by atoms with Gasteiger partial charge in [-0.25, -0.2) is 4.39 Å². The molecule has 35 heavy (non-hydrogen) atoms. The Morgan fingerprint density at radius 1 is 1.09 bits per heavy atom. The van der Waals surface area contributed by atoms with E-state index in [1.54, 1.807) is 23.5 Å². The molecule has 3 aromatic rings. The topological polar surface area (TPSA) is 53.0 Å². The minimum Gasteiger partial charge on any atom is -0.484 e. The van der Waals surface area contributed by atoms with Crippen LogP contribution in [0.2, 0.25) is 0 Å². The van der Waals surface area contributed by atoms with Crippen LogP contribution < -0.4 is 4.74 Å². The molecule has 2 atom stereocenters. The number of rotatable bonds is 6. The van der Waals surface area contributed by atoms with Crippen molar-refractivity contribution in [2.24, 2.45) is 5.92 Å². The summed E-state index contributed by atoms with van der Waals surface area (Å²) in [5, 5.41) is 12.6. The average Bonchev–Trinajstić information content (AvgIpc) is 3.36. The van der Waals surface area contributed by atoms with Crippen LogP contribution in [-0.4, -0.2) is 47.0 Å². The molecule has 7 heteroatoms. The van der Waals surface area contributed by atoms with Gasteiger partial charge >= 0.3 is 0 Å². The molecule has 1 aromatic heterocycles. The molecular formula is C28H31FN2O3S. The van der Waals surface area contributed by atoms with Gasteiger partial charge in [0.1, 0.15) is 17.7 Å². The monoisotopic (exact) mass is 494 g/mol. The number of hydrogen-bond donors (Lipinski definition) is 1. The molecule has 0 bridgehead atoms. The second-order valence-corrected chi connectivity index (χ2v) is 10.4. The number of amides is 1. The van der Waals surface area contributed by atoms with Gasteiger partial charge in [-0.1, -0.05) is 42.5 Å². The molecule has 1 amide bonds. The number of nitrogens with zero attached hydrogens (tertiary/aromatic N) is 2. The van der Waals surface area contributed by atoms with Crippen molar-refractivity contribution in [3.63, 3.8) is 0 Å². The summed E-state index contributed by atoms with van der Waals surface area (Å²) in [7, 11) is 0. The van der Waals surface area contributed by atoms with E-state index in [1.165, 1.54) is 6.07 Å². The minimum atomic E-state index is -0.445. The second-order valence-electron chi connectivity index (χ2n) is 9.40. The van der Waals surface area contributed by atoms with E-state index in [0.29, 0.717) is 44.7 Å². The van der Waals surface area contributed by atoms with Crippen molar-refractivity contribution in [1.82, 2.24) is 9.80 Å². The van der Waals surface area contributed by atoms with Gasteiger partial charge in [-0.2, -0.15) is 0 Å². The first kappa shape index (κ1) is 24.0. The number of para-hydroxylation sites is 1. The molecule has 0 radical (unpaired) electrons. The SMILES string of the molecule is O=C(CCN1Cc2ccccc2OC(c2ccccc2F)C1)N1CCC(C(O)c2cccs2)CC1. The molecule has 1 N–H and O–H groups in total. The maximum Gasteiger partial charge on any atom is 0.223 e. The Labute approximate surface area is 209 Å². The summed E-state index contributed by atoms with van der Waals surface area (Å²) in [6.45, 7) is 3.10. The fourth-order valence-corrected chi connectivity index (χ4v) is 5.92. The number of piperidine rings is 1. The molecule has 184 valence electrons. The van der Waals surface area contributed by atoms with Gasteiger partial charge in [0.2, 0.25) is 5.91 Å². The maximum absolute atomic E-state index is 14.6. The zero-order chi connectivity index (χ0) is 24.2. The normalized spacial score (nSPS) is 20.1. The van der Waals surface area contributed by atoms with Crippen LogP contribution in [0.15, 0.2) is 66.0 Å². The fourth-order valence-electron chi connectivity index (χ4n) is 5.12. The van der Waals surface area contributed by atoms with E-state index in [9.17, 15) is 14.3 Å². The minimum absolute atomic E-state index is 0.134. The molecule has 0 spiro atoms. The van der Waals surface area contributed by atoms with Crippen LogP contribution in [0.4, 0.5) is 4.39 Å². The van der Waals surface area contributed by atoms with E-state index in [-0.39, 0.29) is 17.6 Å². The van der Waals surface area contributed by atoms with Crippen molar-refractivity contribution < 1.29 is 19.0 Å². The first-order valence-corrected chi connectivity index (χ1v) is 13.2. The van der Waals surface area contributed by atoms with Crippen LogP contribution in [0.3, 0.4) is 0 Å². The van der Waals surface area contributed by atoms with Gasteiger partial charge in [0, 0.05) is 55.1 Å². The van der Waals surface area contributed by atoms with Crippen molar-refractivity contribution in [2.75, 3.05) is 26.2 Å². The zero-order valence-electron chi connectivity index (χ0n) is 19.7. The van der Waals surface area contributed by atoms with Crippen LogP contribution in [0.1, 0.15) is 47.5 Å². The highest BCUT2D eigenvalue weighted by molar-refractivity contribution is 7.10. The van der Waals surface area contributed by atoms with Crippen LogP contribution in [0, 0.1) is 11.7 Å². The summed E-state index contributed by atoms with van der Waals surface area (Å²) in [5.74, 6) is 0.815. The zero-order valence-corrected chi connectivity index (χ0v) is 20.5. The molecule has 1 saturated heterocycles. The lowest BCUT2D eigenvalue weighted by atomic mass is 9.90. The summed E-state index contributed by atoms with van der Waals surface area (Å²) in [5.41, 5.74) is 1.58. The number of ether oxygens (including phenoxy) is 1.